The van der Waals surface area contributed by atoms with Gasteiger partial charge in [-0.2, -0.15) is 0 Å². The monoisotopic (exact) mass is 380 g/mol. The number of nitrogens with zero attached hydrogens (tertiary/aromatic N) is 2. The summed E-state index contributed by atoms with van der Waals surface area (Å²) in [6, 6.07) is 0. The molecule has 1 aromatic heterocycles. The first-order chi connectivity index (χ1) is 10.6. The van der Waals surface area contributed by atoms with Gasteiger partial charge in [0.25, 0.3) is 0 Å². The highest BCUT2D eigenvalue weighted by molar-refractivity contribution is 7.91. The van der Waals surface area contributed by atoms with Crippen molar-refractivity contribution in [3.8, 4) is 0 Å². The predicted octanol–water partition coefficient (Wildman–Crippen LogP) is 3.11. The Bertz CT molecular complexity index is 659. The molecule has 0 bridgehead atoms. The molecule has 1 fully saturated rings. The second-order valence-corrected chi connectivity index (χ2v) is 10.5. The van der Waals surface area contributed by atoms with E-state index in [1.807, 2.05) is 20.8 Å². The van der Waals surface area contributed by atoms with Crippen LogP contribution in [-0.2, 0) is 20.3 Å². The highest BCUT2D eigenvalue weighted by Gasteiger charge is 2.33. The lowest BCUT2D eigenvalue weighted by Crippen LogP contribution is -2.44. The van der Waals surface area contributed by atoms with E-state index in [2.05, 4.69) is 4.98 Å². The van der Waals surface area contributed by atoms with E-state index in [0.717, 1.165) is 0 Å². The maximum Gasteiger partial charge on any atom is 0.410 e. The molecule has 0 saturated carbocycles. The highest BCUT2D eigenvalue weighted by Crippen LogP contribution is 2.26. The van der Waals surface area contributed by atoms with Crippen LogP contribution in [0.15, 0.2) is 6.20 Å². The van der Waals surface area contributed by atoms with Crippen LogP contribution in [-0.4, -0.2) is 48.3 Å². The highest BCUT2D eigenvalue weighted by atomic mass is 35.5. The third kappa shape index (κ3) is 5.32. The normalized spacial score (nSPS) is 17.3. The Balaban J connectivity index is 1.91. The van der Waals surface area contributed by atoms with Gasteiger partial charge in [-0.25, -0.2) is 18.2 Å². The minimum atomic E-state index is -3.27. The van der Waals surface area contributed by atoms with Crippen molar-refractivity contribution >= 4 is 38.9 Å². The van der Waals surface area contributed by atoms with Gasteiger partial charge >= 0.3 is 6.09 Å². The summed E-state index contributed by atoms with van der Waals surface area (Å²) in [7, 11) is -3.27. The number of carbonyl (C=O) groups is 1. The first-order valence-electron chi connectivity index (χ1n) is 7.36. The number of carbonyl (C=O) groups excluding carboxylic acids is 1. The fourth-order valence-corrected chi connectivity index (χ4v) is 5.53. The third-order valence-corrected chi connectivity index (χ3v) is 6.97. The summed E-state index contributed by atoms with van der Waals surface area (Å²) in [6.07, 6.45) is 1.96. The van der Waals surface area contributed by atoms with Crippen LogP contribution in [0.1, 0.15) is 38.5 Å². The number of piperidine rings is 1. The molecule has 0 aliphatic carbocycles. The summed E-state index contributed by atoms with van der Waals surface area (Å²) in [6.45, 7) is 6.21. The van der Waals surface area contributed by atoms with E-state index in [4.69, 9.17) is 16.3 Å². The molecular weight excluding hydrogens is 360 g/mol. The van der Waals surface area contributed by atoms with Gasteiger partial charge in [-0.15, -0.1) is 11.3 Å². The predicted molar refractivity (Wildman–Crippen MR) is 90.6 cm³/mol. The van der Waals surface area contributed by atoms with Crippen LogP contribution < -0.4 is 0 Å². The number of ether oxygens (including phenoxy) is 1. The summed E-state index contributed by atoms with van der Waals surface area (Å²) in [4.78, 5) is 18.1. The molecule has 0 unspecified atom stereocenters. The minimum Gasteiger partial charge on any atom is -0.444 e. The summed E-state index contributed by atoms with van der Waals surface area (Å²) < 4.78 is 30.6. The van der Waals surface area contributed by atoms with Crippen LogP contribution in [0.3, 0.4) is 0 Å². The minimum absolute atomic E-state index is 0.0471. The number of rotatable bonds is 3. The average molecular weight is 381 g/mol. The standard InChI is InChI=1S/C14H21ClN2O4S2/c1-14(2,3)21-13(18)17-6-4-11(5-7-17)23(19,20)9-10-8-16-12(15)22-10/h8,11H,4-7,9H2,1-3H3. The van der Waals surface area contributed by atoms with Gasteiger partial charge in [0, 0.05) is 24.2 Å². The van der Waals surface area contributed by atoms with E-state index >= 15 is 0 Å². The Kier molecular flexibility index (Phi) is 5.58. The second-order valence-electron chi connectivity index (χ2n) is 6.55. The number of thiazole rings is 1. The molecule has 2 rings (SSSR count). The lowest BCUT2D eigenvalue weighted by molar-refractivity contribution is 0.0217. The molecular formula is C14H21ClN2O4S2. The topological polar surface area (TPSA) is 76.6 Å². The van der Waals surface area contributed by atoms with E-state index in [0.29, 0.717) is 35.3 Å². The smallest absolute Gasteiger partial charge is 0.410 e. The molecule has 0 aromatic carbocycles. The SMILES string of the molecule is CC(C)(C)OC(=O)N1CCC(S(=O)(=O)Cc2cnc(Cl)s2)CC1. The van der Waals surface area contributed by atoms with Crippen molar-refractivity contribution in [2.75, 3.05) is 13.1 Å². The van der Waals surface area contributed by atoms with Gasteiger partial charge in [0.05, 0.1) is 11.0 Å². The van der Waals surface area contributed by atoms with Crippen LogP contribution in [0.2, 0.25) is 4.47 Å². The molecule has 0 radical (unpaired) electrons. The molecule has 1 saturated heterocycles. The maximum atomic E-state index is 12.5. The molecule has 1 aliphatic heterocycles. The number of sulfone groups is 1. The van der Waals surface area contributed by atoms with E-state index < -0.39 is 20.7 Å². The van der Waals surface area contributed by atoms with Gasteiger partial charge in [-0.1, -0.05) is 11.6 Å². The largest absolute Gasteiger partial charge is 0.444 e. The van der Waals surface area contributed by atoms with Crippen molar-refractivity contribution < 1.29 is 17.9 Å². The van der Waals surface area contributed by atoms with Crippen molar-refractivity contribution in [1.82, 2.24) is 9.88 Å². The Morgan fingerprint density at radius 1 is 1.43 bits per heavy atom. The molecule has 2 heterocycles. The van der Waals surface area contributed by atoms with Crippen molar-refractivity contribution in [2.45, 2.75) is 50.2 Å². The van der Waals surface area contributed by atoms with Gasteiger partial charge in [0.1, 0.15) is 5.60 Å². The molecule has 23 heavy (non-hydrogen) atoms. The van der Waals surface area contributed by atoms with E-state index in [9.17, 15) is 13.2 Å². The Hall–Kier alpha value is -0.860. The maximum absolute atomic E-state index is 12.5. The molecule has 1 amide bonds. The van der Waals surface area contributed by atoms with E-state index in [1.54, 1.807) is 4.90 Å². The number of amides is 1. The molecule has 0 spiro atoms. The summed E-state index contributed by atoms with van der Waals surface area (Å²) in [5.41, 5.74) is -0.550. The summed E-state index contributed by atoms with van der Waals surface area (Å²) >= 11 is 6.92. The zero-order chi connectivity index (χ0) is 17.3. The van der Waals surface area contributed by atoms with Crippen molar-refractivity contribution in [1.29, 1.82) is 0 Å². The Labute approximate surface area is 145 Å². The summed E-state index contributed by atoms with van der Waals surface area (Å²) in [5, 5.41) is -0.443. The lowest BCUT2D eigenvalue weighted by Gasteiger charge is -2.33. The van der Waals surface area contributed by atoms with Crippen LogP contribution in [0.4, 0.5) is 4.79 Å². The van der Waals surface area contributed by atoms with Crippen LogP contribution in [0, 0.1) is 0 Å². The molecule has 0 N–H and O–H groups in total. The van der Waals surface area contributed by atoms with Crippen molar-refractivity contribution in [2.24, 2.45) is 0 Å². The molecule has 0 atom stereocenters. The van der Waals surface area contributed by atoms with Gasteiger partial charge in [0.2, 0.25) is 0 Å². The van der Waals surface area contributed by atoms with Crippen LogP contribution in [0.25, 0.3) is 0 Å². The van der Waals surface area contributed by atoms with Gasteiger partial charge in [-0.05, 0) is 33.6 Å². The fourth-order valence-electron chi connectivity index (χ4n) is 2.39. The van der Waals surface area contributed by atoms with Crippen LogP contribution in [0.5, 0.6) is 0 Å². The quantitative estimate of drug-likeness (QED) is 0.805. The van der Waals surface area contributed by atoms with Gasteiger partial charge < -0.3 is 9.64 Å². The van der Waals surface area contributed by atoms with Gasteiger partial charge in [0.15, 0.2) is 14.3 Å². The Morgan fingerprint density at radius 2 is 2.04 bits per heavy atom. The summed E-state index contributed by atoms with van der Waals surface area (Å²) in [5.74, 6) is -0.0471. The molecule has 1 aromatic rings. The zero-order valence-electron chi connectivity index (χ0n) is 13.4. The van der Waals surface area contributed by atoms with Gasteiger partial charge in [-0.3, -0.25) is 0 Å². The number of hydrogen-bond acceptors (Lipinski definition) is 6. The second kappa shape index (κ2) is 6.94. The first-order valence-corrected chi connectivity index (χ1v) is 10.3. The zero-order valence-corrected chi connectivity index (χ0v) is 15.8. The molecule has 9 heteroatoms. The molecule has 6 nitrogen and oxygen atoms in total. The van der Waals surface area contributed by atoms with Crippen molar-refractivity contribution in [3.05, 3.63) is 15.5 Å². The number of aromatic nitrogens is 1. The fraction of sp³-hybridized carbons (Fsp3) is 0.714. The van der Waals surface area contributed by atoms with Crippen LogP contribution >= 0.6 is 22.9 Å². The van der Waals surface area contributed by atoms with E-state index in [-0.39, 0.29) is 11.8 Å². The number of halogens is 1. The van der Waals surface area contributed by atoms with E-state index in [1.165, 1.54) is 17.5 Å². The molecule has 130 valence electrons. The third-order valence-electron chi connectivity index (χ3n) is 3.47. The average Bonchev–Trinajstić information content (AvgIpc) is 2.81. The lowest BCUT2D eigenvalue weighted by atomic mass is 10.1. The van der Waals surface area contributed by atoms with Crippen molar-refractivity contribution in [3.63, 3.8) is 0 Å². The first kappa shape index (κ1) is 18.5. The number of likely N-dealkylation sites (tertiary alicyclic amines) is 1. The number of hydrogen-bond donors (Lipinski definition) is 0. The molecule has 1 aliphatic rings. The Morgan fingerprint density at radius 3 is 2.52 bits per heavy atom.